The van der Waals surface area contributed by atoms with Crippen molar-refractivity contribution in [1.82, 2.24) is 0 Å². The van der Waals surface area contributed by atoms with Crippen LogP contribution in [-0.2, 0) is 6.61 Å². The van der Waals surface area contributed by atoms with Crippen molar-refractivity contribution in [2.45, 2.75) is 6.61 Å². The van der Waals surface area contributed by atoms with Crippen LogP contribution in [0.15, 0.2) is 84.9 Å². The maximum Gasteiger partial charge on any atom is 0.134 e. The summed E-state index contributed by atoms with van der Waals surface area (Å²) in [5.41, 5.74) is 3.79. The summed E-state index contributed by atoms with van der Waals surface area (Å²) < 4.78 is 34.8. The average molecular weight is 422 g/mol. The monoisotopic (exact) mass is 422 g/mol. The van der Waals surface area contributed by atoms with Gasteiger partial charge in [-0.1, -0.05) is 36.4 Å². The molecule has 0 heterocycles. The Balaban J connectivity index is 1.46. The molecule has 4 aromatic rings. The van der Waals surface area contributed by atoms with E-state index in [0.29, 0.717) is 44.7 Å². The molecular weight excluding hydrogens is 406 g/mol. The van der Waals surface area contributed by atoms with Crippen LogP contribution in [0.5, 0.6) is 5.75 Å². The minimum Gasteiger partial charge on any atom is -0.489 e. The van der Waals surface area contributed by atoms with E-state index in [2.05, 4.69) is 0 Å². The molecule has 0 N–H and O–H groups in total. The van der Waals surface area contributed by atoms with Crippen molar-refractivity contribution in [3.05, 3.63) is 113 Å². The molecule has 32 heavy (non-hydrogen) atoms. The maximum atomic E-state index is 14.6. The highest BCUT2D eigenvalue weighted by molar-refractivity contribution is 5.66. The number of rotatable bonds is 5. The molecule has 0 saturated heterocycles. The average Bonchev–Trinajstić information content (AvgIpc) is 2.83. The van der Waals surface area contributed by atoms with E-state index in [1.165, 1.54) is 12.1 Å². The van der Waals surface area contributed by atoms with Gasteiger partial charge in [0.2, 0.25) is 0 Å². The van der Waals surface area contributed by atoms with E-state index in [1.54, 1.807) is 72.8 Å². The first-order chi connectivity index (χ1) is 15.6. The number of hydrogen-bond donors (Lipinski definition) is 0. The summed E-state index contributed by atoms with van der Waals surface area (Å²) in [7, 11) is 0. The largest absolute Gasteiger partial charge is 0.489 e. The van der Waals surface area contributed by atoms with Crippen LogP contribution in [0.2, 0.25) is 0 Å². The van der Waals surface area contributed by atoms with Crippen molar-refractivity contribution in [2.24, 2.45) is 0 Å². The third-order valence-electron chi connectivity index (χ3n) is 5.03. The predicted octanol–water partition coefficient (Wildman–Crippen LogP) is 6.62. The molecule has 0 unspecified atom stereocenters. The molecule has 4 rings (SSSR count). The van der Waals surface area contributed by atoms with Crippen LogP contribution in [-0.4, -0.2) is 0 Å². The zero-order chi connectivity index (χ0) is 22.5. The SMILES string of the molecule is N#Cc1ccc(-c2ccc(COc3ccc(-c4ccc(C#N)cc4)c(F)c3)cc2F)cc1. The highest BCUT2D eigenvalue weighted by Gasteiger charge is 2.09. The standard InChI is InChI=1S/C27H16F2N2O/c28-26-13-20(5-11-24(26)21-6-1-18(15-30)2-7-21)17-32-23-10-12-25(27(29)14-23)22-8-3-19(16-31)4-9-22/h1-14H,17H2. The molecule has 0 aromatic heterocycles. The molecule has 0 saturated carbocycles. The van der Waals surface area contributed by atoms with E-state index >= 15 is 0 Å². The van der Waals surface area contributed by atoms with Gasteiger partial charge < -0.3 is 4.74 Å². The lowest BCUT2D eigenvalue weighted by Crippen LogP contribution is -1.98. The Labute approximate surface area is 184 Å². The molecule has 0 bridgehead atoms. The van der Waals surface area contributed by atoms with Crippen LogP contribution >= 0.6 is 0 Å². The molecule has 0 radical (unpaired) electrons. The number of nitriles is 2. The zero-order valence-electron chi connectivity index (χ0n) is 16.8. The third-order valence-corrected chi connectivity index (χ3v) is 5.03. The summed E-state index contributed by atoms with van der Waals surface area (Å²) in [6.45, 7) is 0.0836. The van der Waals surface area contributed by atoms with Gasteiger partial charge in [0.1, 0.15) is 24.0 Å². The van der Waals surface area contributed by atoms with Gasteiger partial charge in [-0.15, -0.1) is 0 Å². The fourth-order valence-corrected chi connectivity index (χ4v) is 3.32. The van der Waals surface area contributed by atoms with Crippen LogP contribution in [0, 0.1) is 34.3 Å². The molecule has 0 atom stereocenters. The lowest BCUT2D eigenvalue weighted by atomic mass is 10.0. The van der Waals surface area contributed by atoms with Gasteiger partial charge >= 0.3 is 0 Å². The van der Waals surface area contributed by atoms with Crippen molar-refractivity contribution in [3.63, 3.8) is 0 Å². The van der Waals surface area contributed by atoms with Crippen LogP contribution < -0.4 is 4.74 Å². The summed E-state index contributed by atoms with van der Waals surface area (Å²) >= 11 is 0. The summed E-state index contributed by atoms with van der Waals surface area (Å²) in [5.74, 6) is -0.524. The first-order valence-corrected chi connectivity index (χ1v) is 9.79. The molecule has 5 heteroatoms. The second-order valence-corrected chi connectivity index (χ2v) is 7.12. The zero-order valence-corrected chi connectivity index (χ0v) is 16.8. The second-order valence-electron chi connectivity index (χ2n) is 7.12. The normalized spacial score (nSPS) is 10.2. The van der Waals surface area contributed by atoms with E-state index < -0.39 is 11.6 Å². The van der Waals surface area contributed by atoms with Crippen molar-refractivity contribution in [2.75, 3.05) is 0 Å². The van der Waals surface area contributed by atoms with Crippen molar-refractivity contribution in [1.29, 1.82) is 10.5 Å². The van der Waals surface area contributed by atoms with Gasteiger partial charge in [0.05, 0.1) is 23.3 Å². The number of ether oxygens (including phenoxy) is 1. The minimum atomic E-state index is -0.449. The van der Waals surface area contributed by atoms with Gasteiger partial charge in [0.15, 0.2) is 0 Å². The Morgan fingerprint density at radius 3 is 1.59 bits per heavy atom. The summed E-state index contributed by atoms with van der Waals surface area (Å²) in [6.07, 6.45) is 0. The number of nitrogens with zero attached hydrogens (tertiary/aromatic N) is 2. The van der Waals surface area contributed by atoms with E-state index in [9.17, 15) is 8.78 Å². The molecule has 3 nitrogen and oxygen atoms in total. The van der Waals surface area contributed by atoms with Gasteiger partial charge in [0.25, 0.3) is 0 Å². The minimum absolute atomic E-state index is 0.0836. The number of benzene rings is 4. The van der Waals surface area contributed by atoms with E-state index in [-0.39, 0.29) is 6.61 Å². The van der Waals surface area contributed by atoms with Gasteiger partial charge in [-0.3, -0.25) is 0 Å². The first-order valence-electron chi connectivity index (χ1n) is 9.79. The lowest BCUT2D eigenvalue weighted by Gasteiger charge is -2.10. The summed E-state index contributed by atoms with van der Waals surface area (Å²) in [5, 5.41) is 17.8. The smallest absolute Gasteiger partial charge is 0.134 e. The molecule has 0 aliphatic heterocycles. The molecule has 0 fully saturated rings. The molecule has 0 aliphatic carbocycles. The van der Waals surface area contributed by atoms with Crippen LogP contribution in [0.1, 0.15) is 16.7 Å². The van der Waals surface area contributed by atoms with Crippen molar-refractivity contribution >= 4 is 0 Å². The van der Waals surface area contributed by atoms with E-state index in [1.807, 2.05) is 12.1 Å². The highest BCUT2D eigenvalue weighted by Crippen LogP contribution is 2.28. The van der Waals surface area contributed by atoms with Gasteiger partial charge in [0, 0.05) is 17.2 Å². The molecule has 0 aliphatic rings. The van der Waals surface area contributed by atoms with Gasteiger partial charge in [-0.2, -0.15) is 10.5 Å². The second kappa shape index (κ2) is 9.12. The molecule has 154 valence electrons. The quantitative estimate of drug-likeness (QED) is 0.363. The van der Waals surface area contributed by atoms with Crippen LogP contribution in [0.4, 0.5) is 8.78 Å². The topological polar surface area (TPSA) is 56.8 Å². The van der Waals surface area contributed by atoms with E-state index in [0.717, 1.165) is 0 Å². The lowest BCUT2D eigenvalue weighted by molar-refractivity contribution is 0.304. The van der Waals surface area contributed by atoms with Crippen LogP contribution in [0.3, 0.4) is 0 Å². The first kappa shape index (κ1) is 20.8. The van der Waals surface area contributed by atoms with Crippen molar-refractivity contribution < 1.29 is 13.5 Å². The molecule has 0 amide bonds. The summed E-state index contributed by atoms with van der Waals surface area (Å²) in [4.78, 5) is 0. The van der Waals surface area contributed by atoms with Gasteiger partial charge in [-0.05, 0) is 59.2 Å². The Bertz CT molecular complexity index is 1240. The molecule has 0 spiro atoms. The van der Waals surface area contributed by atoms with Crippen LogP contribution in [0.25, 0.3) is 22.3 Å². The number of halogens is 2. The van der Waals surface area contributed by atoms with E-state index in [4.69, 9.17) is 15.3 Å². The highest BCUT2D eigenvalue weighted by atomic mass is 19.1. The Morgan fingerprint density at radius 2 is 1.12 bits per heavy atom. The Kier molecular flexibility index (Phi) is 5.92. The Hall–Kier alpha value is -4.48. The predicted molar refractivity (Wildman–Crippen MR) is 117 cm³/mol. The summed E-state index contributed by atoms with van der Waals surface area (Å²) in [6, 6.07) is 26.7. The third kappa shape index (κ3) is 4.48. The Morgan fingerprint density at radius 1 is 0.625 bits per heavy atom. The maximum absolute atomic E-state index is 14.6. The van der Waals surface area contributed by atoms with Gasteiger partial charge in [-0.25, -0.2) is 8.78 Å². The number of hydrogen-bond acceptors (Lipinski definition) is 3. The molecular formula is C27H16F2N2O. The fourth-order valence-electron chi connectivity index (χ4n) is 3.32. The van der Waals surface area contributed by atoms with Crippen molar-refractivity contribution in [3.8, 4) is 40.1 Å². The molecule has 4 aromatic carbocycles. The fraction of sp³-hybridized carbons (Fsp3) is 0.0370.